The van der Waals surface area contributed by atoms with Crippen LogP contribution >= 0.6 is 0 Å². The molecule has 1 N–H and O–H groups in total. The number of halogens is 3. The Morgan fingerprint density at radius 1 is 1.24 bits per heavy atom. The highest BCUT2D eigenvalue weighted by molar-refractivity contribution is 6.74. The zero-order valence-electron chi connectivity index (χ0n) is 20.8. The topological polar surface area (TPSA) is 82.6 Å². The summed E-state index contributed by atoms with van der Waals surface area (Å²) in [6.45, 7) is 14.8. The number of nitrogens with one attached hydrogen (secondary N) is 1. The van der Waals surface area contributed by atoms with Gasteiger partial charge in [0.05, 0.1) is 12.7 Å². The molecule has 0 aromatic carbocycles. The second-order valence-corrected chi connectivity index (χ2v) is 15.3. The van der Waals surface area contributed by atoms with E-state index in [-0.39, 0.29) is 24.7 Å². The van der Waals surface area contributed by atoms with Gasteiger partial charge in [-0.3, -0.25) is 14.3 Å². The summed E-state index contributed by atoms with van der Waals surface area (Å²) in [4.78, 5) is 25.7. The van der Waals surface area contributed by atoms with Crippen LogP contribution in [0.25, 0.3) is 0 Å². The molecule has 1 aliphatic rings. The molecule has 3 atom stereocenters. The molecule has 2 rings (SSSR count). The molecule has 0 radical (unpaired) electrons. The lowest BCUT2D eigenvalue weighted by Crippen LogP contribution is -2.44. The fourth-order valence-electron chi connectivity index (χ4n) is 3.08. The second-order valence-electron chi connectivity index (χ2n) is 10.4. The van der Waals surface area contributed by atoms with E-state index in [9.17, 15) is 22.8 Å². The van der Waals surface area contributed by atoms with Crippen molar-refractivity contribution in [2.45, 2.75) is 90.2 Å². The number of rotatable bonds is 7. The van der Waals surface area contributed by atoms with Crippen LogP contribution in [-0.2, 0) is 20.1 Å². The summed E-state index contributed by atoms with van der Waals surface area (Å²) in [5.41, 5.74) is -3.93. The Morgan fingerprint density at radius 2 is 1.88 bits per heavy atom. The molecule has 11 heteroatoms. The van der Waals surface area contributed by atoms with Gasteiger partial charge in [-0.15, -0.1) is 5.92 Å². The van der Waals surface area contributed by atoms with E-state index in [1.54, 1.807) is 4.98 Å². The average molecular weight is 505 g/mol. The van der Waals surface area contributed by atoms with Crippen molar-refractivity contribution in [2.24, 2.45) is 5.92 Å². The minimum Gasteiger partial charge on any atom is -0.414 e. The summed E-state index contributed by atoms with van der Waals surface area (Å²) in [5.74, 6) is 6.38. The minimum absolute atomic E-state index is 0.0544. The van der Waals surface area contributed by atoms with Crippen molar-refractivity contribution in [3.05, 3.63) is 32.6 Å². The van der Waals surface area contributed by atoms with E-state index < -0.39 is 49.7 Å². The Morgan fingerprint density at radius 3 is 2.44 bits per heavy atom. The Bertz CT molecular complexity index is 1010. The predicted molar refractivity (Wildman–Crippen MR) is 125 cm³/mol. The summed E-state index contributed by atoms with van der Waals surface area (Å²) in [5, 5.41) is -0.0544. The zero-order chi connectivity index (χ0) is 25.9. The van der Waals surface area contributed by atoms with Crippen molar-refractivity contribution in [1.82, 2.24) is 9.55 Å². The van der Waals surface area contributed by atoms with E-state index in [1.807, 2.05) is 0 Å². The van der Waals surface area contributed by atoms with E-state index in [0.717, 1.165) is 11.0 Å². The number of hydrogen-bond acceptors (Lipinski definition) is 5. The first kappa shape index (κ1) is 28.4. The summed E-state index contributed by atoms with van der Waals surface area (Å²) in [6, 6.07) is 0. The number of aromatic nitrogens is 2. The lowest BCUT2D eigenvalue weighted by molar-refractivity contribution is -0.139. The van der Waals surface area contributed by atoms with Gasteiger partial charge in [0.2, 0.25) is 0 Å². The summed E-state index contributed by atoms with van der Waals surface area (Å²) < 4.78 is 58.5. The molecular formula is C23H35F3N2O5Si. The third-order valence-corrected chi connectivity index (χ3v) is 10.7. The molecule has 0 unspecified atom stereocenters. The Balaban J connectivity index is 2.27. The van der Waals surface area contributed by atoms with Crippen molar-refractivity contribution in [3.63, 3.8) is 0 Å². The monoisotopic (exact) mass is 504 g/mol. The summed E-state index contributed by atoms with van der Waals surface area (Å²) >= 11 is 0. The Hall–Kier alpha value is -1.87. The van der Waals surface area contributed by atoms with Crippen LogP contribution in [0.15, 0.2) is 15.8 Å². The van der Waals surface area contributed by atoms with Gasteiger partial charge in [0.15, 0.2) is 8.32 Å². The normalized spacial score (nSPS) is 21.6. The lowest BCUT2D eigenvalue weighted by Gasteiger charge is -2.37. The molecule has 1 aromatic rings. The quantitative estimate of drug-likeness (QED) is 0.442. The Kier molecular flexibility index (Phi) is 9.02. The van der Waals surface area contributed by atoms with Crippen molar-refractivity contribution in [2.75, 3.05) is 13.2 Å². The highest BCUT2D eigenvalue weighted by atomic mass is 28.4. The minimum atomic E-state index is -4.91. The molecule has 1 fully saturated rings. The Labute approximate surface area is 199 Å². The second kappa shape index (κ2) is 10.8. The molecule has 0 spiro atoms. The SMILES string of the molecule is CC(C)CC#CCO[C@H]1C[C@H](n2cc(C(F)(F)F)c(=O)[nH]c2=O)O[C@@H]1CO[Si](C)(C)C(C)(C)C. The smallest absolute Gasteiger partial charge is 0.414 e. The number of ether oxygens (including phenoxy) is 2. The predicted octanol–water partition coefficient (Wildman–Crippen LogP) is 4.30. The third kappa shape index (κ3) is 7.31. The molecule has 1 saturated heterocycles. The standard InChI is InChI=1S/C23H35F3N2O5Si/c1-15(2)10-8-9-11-31-17-12-19(33-18(17)14-32-34(6,7)22(3,4)5)28-13-16(23(24,25)26)20(29)27-21(28)30/h13,15,17-19H,10-12,14H2,1-7H3,(H,27,29,30)/t17-,18+,19+/m0/s1. The molecule has 34 heavy (non-hydrogen) atoms. The maximum absolute atomic E-state index is 13.2. The van der Waals surface area contributed by atoms with Crippen molar-refractivity contribution < 1.29 is 27.1 Å². The van der Waals surface area contributed by atoms with E-state index in [2.05, 4.69) is 59.6 Å². The molecule has 2 heterocycles. The number of H-pyrrole nitrogens is 1. The van der Waals surface area contributed by atoms with Crippen LogP contribution in [0, 0.1) is 17.8 Å². The van der Waals surface area contributed by atoms with Gasteiger partial charge in [0, 0.05) is 19.0 Å². The number of hydrogen-bond donors (Lipinski definition) is 1. The van der Waals surface area contributed by atoms with Gasteiger partial charge in [-0.25, -0.2) is 4.79 Å². The molecule has 0 amide bonds. The molecular weight excluding hydrogens is 469 g/mol. The van der Waals surface area contributed by atoms with Crippen LogP contribution in [0.4, 0.5) is 13.2 Å². The molecule has 1 aromatic heterocycles. The molecule has 7 nitrogen and oxygen atoms in total. The van der Waals surface area contributed by atoms with Gasteiger partial charge >= 0.3 is 11.9 Å². The molecule has 1 aliphatic heterocycles. The largest absolute Gasteiger partial charge is 0.423 e. The lowest BCUT2D eigenvalue weighted by atomic mass is 10.1. The average Bonchev–Trinajstić information content (AvgIpc) is 3.06. The van der Waals surface area contributed by atoms with Crippen LogP contribution in [0.2, 0.25) is 18.1 Å². The highest BCUT2D eigenvalue weighted by Gasteiger charge is 2.43. The van der Waals surface area contributed by atoms with Gasteiger partial charge in [-0.05, 0) is 24.1 Å². The van der Waals surface area contributed by atoms with Gasteiger partial charge in [-0.2, -0.15) is 13.2 Å². The first-order valence-corrected chi connectivity index (χ1v) is 14.2. The maximum Gasteiger partial charge on any atom is 0.423 e. The highest BCUT2D eigenvalue weighted by Crippen LogP contribution is 2.38. The summed E-state index contributed by atoms with van der Waals surface area (Å²) in [7, 11) is -2.14. The molecule has 0 saturated carbocycles. The molecule has 0 bridgehead atoms. The van der Waals surface area contributed by atoms with Crippen molar-refractivity contribution >= 4 is 8.32 Å². The van der Waals surface area contributed by atoms with Crippen LogP contribution < -0.4 is 11.2 Å². The van der Waals surface area contributed by atoms with Crippen LogP contribution in [-0.4, -0.2) is 43.3 Å². The van der Waals surface area contributed by atoms with E-state index in [4.69, 9.17) is 13.9 Å². The number of nitrogens with zero attached hydrogens (tertiary/aromatic N) is 1. The molecule has 0 aliphatic carbocycles. The van der Waals surface area contributed by atoms with Crippen LogP contribution in [0.1, 0.15) is 59.3 Å². The van der Waals surface area contributed by atoms with Crippen molar-refractivity contribution in [1.29, 1.82) is 0 Å². The van der Waals surface area contributed by atoms with E-state index >= 15 is 0 Å². The number of aromatic amines is 1. The van der Waals surface area contributed by atoms with Gasteiger partial charge in [0.1, 0.15) is 24.5 Å². The fraction of sp³-hybridized carbons (Fsp3) is 0.739. The van der Waals surface area contributed by atoms with Crippen molar-refractivity contribution in [3.8, 4) is 11.8 Å². The first-order chi connectivity index (χ1) is 15.5. The molecule has 192 valence electrons. The van der Waals surface area contributed by atoms with Gasteiger partial charge in [0.25, 0.3) is 5.56 Å². The first-order valence-electron chi connectivity index (χ1n) is 11.3. The maximum atomic E-state index is 13.2. The fourth-order valence-corrected chi connectivity index (χ4v) is 4.09. The van der Waals surface area contributed by atoms with Crippen LogP contribution in [0.3, 0.4) is 0 Å². The van der Waals surface area contributed by atoms with Crippen LogP contribution in [0.5, 0.6) is 0 Å². The third-order valence-electron chi connectivity index (χ3n) is 6.18. The summed E-state index contributed by atoms with van der Waals surface area (Å²) in [6.07, 6.45) is -5.78. The van der Waals surface area contributed by atoms with Gasteiger partial charge < -0.3 is 13.9 Å². The van der Waals surface area contributed by atoms with E-state index in [1.165, 1.54) is 0 Å². The zero-order valence-corrected chi connectivity index (χ0v) is 21.8. The number of alkyl halides is 3. The van der Waals surface area contributed by atoms with Gasteiger partial charge in [-0.1, -0.05) is 40.5 Å². The van der Waals surface area contributed by atoms with E-state index in [0.29, 0.717) is 12.1 Å².